The van der Waals surface area contributed by atoms with Crippen LogP contribution in [0.5, 0.6) is 0 Å². The minimum absolute atomic E-state index is 0.156. The van der Waals surface area contributed by atoms with Gasteiger partial charge in [0.1, 0.15) is 0 Å². The summed E-state index contributed by atoms with van der Waals surface area (Å²) < 4.78 is 8.54. The highest BCUT2D eigenvalue weighted by atomic mass is 16.5. The van der Waals surface area contributed by atoms with Crippen molar-refractivity contribution in [3.8, 4) is 0 Å². The van der Waals surface area contributed by atoms with Gasteiger partial charge in [-0.2, -0.15) is 5.10 Å². The van der Waals surface area contributed by atoms with E-state index in [2.05, 4.69) is 33.1 Å². The molecule has 154 valence electrons. The van der Waals surface area contributed by atoms with E-state index in [0.29, 0.717) is 23.9 Å². The minimum atomic E-state index is 0.156. The summed E-state index contributed by atoms with van der Waals surface area (Å²) in [6, 6.07) is 0.847. The first-order chi connectivity index (χ1) is 13.7. The average Bonchev–Trinajstić information content (AvgIpc) is 3.06. The van der Waals surface area contributed by atoms with E-state index >= 15 is 0 Å². The lowest BCUT2D eigenvalue weighted by Gasteiger charge is -2.37. The minimum Gasteiger partial charge on any atom is -0.376 e. The molecule has 0 aromatic carbocycles. The number of amides is 2. The highest BCUT2D eigenvalue weighted by Gasteiger charge is 2.45. The van der Waals surface area contributed by atoms with Crippen LogP contribution >= 0.6 is 0 Å². The molecule has 1 aromatic heterocycles. The van der Waals surface area contributed by atoms with Crippen LogP contribution in [0.15, 0.2) is 12.4 Å². The van der Waals surface area contributed by atoms with Crippen molar-refractivity contribution in [3.63, 3.8) is 0 Å². The van der Waals surface area contributed by atoms with Crippen LogP contribution in [0.2, 0.25) is 0 Å². The van der Waals surface area contributed by atoms with Crippen molar-refractivity contribution in [1.82, 2.24) is 20.0 Å². The maximum absolute atomic E-state index is 12.8. The fourth-order valence-corrected chi connectivity index (χ4v) is 5.51. The number of likely N-dealkylation sites (tertiary alicyclic amines) is 1. The van der Waals surface area contributed by atoms with Gasteiger partial charge < -0.3 is 15.0 Å². The molecule has 1 N–H and O–H groups in total. The molecule has 1 saturated heterocycles. The van der Waals surface area contributed by atoms with E-state index in [4.69, 9.17) is 4.74 Å². The summed E-state index contributed by atoms with van der Waals surface area (Å²) in [5, 5.41) is 7.89. The predicted octanol–water partition coefficient (Wildman–Crippen LogP) is 3.52. The molecule has 0 radical (unpaired) electrons. The molecule has 1 aromatic rings. The normalized spacial score (nSPS) is 33.2. The molecule has 28 heavy (non-hydrogen) atoms. The molecule has 0 unspecified atom stereocenters. The topological polar surface area (TPSA) is 59.4 Å². The Morgan fingerprint density at radius 1 is 1.18 bits per heavy atom. The molecule has 6 nitrogen and oxygen atoms in total. The van der Waals surface area contributed by atoms with Crippen LogP contribution in [0.3, 0.4) is 0 Å². The maximum atomic E-state index is 12.8. The summed E-state index contributed by atoms with van der Waals surface area (Å²) in [5.74, 6) is 1.89. The Labute approximate surface area is 168 Å². The van der Waals surface area contributed by atoms with Crippen LogP contribution < -0.4 is 5.32 Å². The SMILES string of the molecule is Cc1cnn([C@H]2C[C@H]3CN(C(=O)NC4CCCC4)C[C@H]3C[C@@H]2OCC2CC2)c1. The Morgan fingerprint density at radius 3 is 2.61 bits per heavy atom. The summed E-state index contributed by atoms with van der Waals surface area (Å²) in [6.45, 7) is 4.76. The van der Waals surface area contributed by atoms with Crippen LogP contribution in [0.1, 0.15) is 63.0 Å². The number of aryl methyl sites for hydroxylation is 1. The summed E-state index contributed by atoms with van der Waals surface area (Å²) >= 11 is 0. The van der Waals surface area contributed by atoms with Crippen molar-refractivity contribution in [2.24, 2.45) is 17.8 Å². The van der Waals surface area contributed by atoms with Gasteiger partial charge in [0.2, 0.25) is 0 Å². The van der Waals surface area contributed by atoms with Gasteiger partial charge in [0.15, 0.2) is 0 Å². The largest absolute Gasteiger partial charge is 0.376 e. The second kappa shape index (κ2) is 7.69. The fraction of sp³-hybridized carbons (Fsp3) is 0.818. The van der Waals surface area contributed by atoms with Crippen molar-refractivity contribution in [1.29, 1.82) is 0 Å². The Kier molecular flexibility index (Phi) is 5.07. The van der Waals surface area contributed by atoms with E-state index in [-0.39, 0.29) is 12.1 Å². The standard InChI is InChI=1S/C22H34N4O2/c1-15-10-23-26(11-15)20-8-17-12-25(22(27)24-19-4-2-3-5-19)13-18(17)9-21(20)28-14-16-6-7-16/h10-11,16-21H,2-9,12-14H2,1H3,(H,24,27)/t17-,18+,20-,21-/m0/s1. The van der Waals surface area contributed by atoms with Gasteiger partial charge in [-0.25, -0.2) is 4.79 Å². The van der Waals surface area contributed by atoms with E-state index < -0.39 is 0 Å². The molecule has 3 aliphatic carbocycles. The first kappa shape index (κ1) is 18.5. The number of fused-ring (bicyclic) bond motifs is 1. The zero-order valence-electron chi connectivity index (χ0n) is 17.1. The van der Waals surface area contributed by atoms with Crippen molar-refractivity contribution in [2.45, 2.75) is 76.5 Å². The molecule has 5 rings (SSSR count). The number of urea groups is 1. The van der Waals surface area contributed by atoms with Gasteiger partial charge in [0, 0.05) is 31.9 Å². The van der Waals surface area contributed by atoms with Gasteiger partial charge in [-0.1, -0.05) is 12.8 Å². The Balaban J connectivity index is 1.25. The van der Waals surface area contributed by atoms with Crippen molar-refractivity contribution in [2.75, 3.05) is 19.7 Å². The number of nitrogens with zero attached hydrogens (tertiary/aromatic N) is 3. The highest BCUT2D eigenvalue weighted by Crippen LogP contribution is 2.43. The highest BCUT2D eigenvalue weighted by molar-refractivity contribution is 5.75. The predicted molar refractivity (Wildman–Crippen MR) is 107 cm³/mol. The monoisotopic (exact) mass is 386 g/mol. The molecule has 2 amide bonds. The van der Waals surface area contributed by atoms with Crippen molar-refractivity contribution < 1.29 is 9.53 Å². The number of carbonyl (C=O) groups excluding carboxylic acids is 1. The van der Waals surface area contributed by atoms with E-state index in [9.17, 15) is 4.79 Å². The smallest absolute Gasteiger partial charge is 0.317 e. The summed E-state index contributed by atoms with van der Waals surface area (Å²) in [7, 11) is 0. The van der Waals surface area contributed by atoms with Crippen LogP contribution in [0, 0.1) is 24.7 Å². The number of aromatic nitrogens is 2. The fourth-order valence-electron chi connectivity index (χ4n) is 5.51. The summed E-state index contributed by atoms with van der Waals surface area (Å²) in [6.07, 6.45) is 13.9. The van der Waals surface area contributed by atoms with Crippen LogP contribution in [-0.4, -0.2) is 52.6 Å². The molecule has 2 heterocycles. The first-order valence-corrected chi connectivity index (χ1v) is 11.3. The van der Waals surface area contributed by atoms with E-state index in [1.807, 2.05) is 6.20 Å². The number of hydrogen-bond donors (Lipinski definition) is 1. The lowest BCUT2D eigenvalue weighted by Crippen LogP contribution is -2.43. The third kappa shape index (κ3) is 3.93. The van der Waals surface area contributed by atoms with E-state index in [1.54, 1.807) is 0 Å². The maximum Gasteiger partial charge on any atom is 0.317 e. The summed E-state index contributed by atoms with van der Waals surface area (Å²) in [5.41, 5.74) is 1.20. The van der Waals surface area contributed by atoms with Crippen LogP contribution in [0.4, 0.5) is 4.79 Å². The van der Waals surface area contributed by atoms with Gasteiger partial charge >= 0.3 is 6.03 Å². The van der Waals surface area contributed by atoms with Gasteiger partial charge in [-0.15, -0.1) is 0 Å². The lowest BCUT2D eigenvalue weighted by atomic mass is 9.77. The van der Waals surface area contributed by atoms with Crippen LogP contribution in [0.25, 0.3) is 0 Å². The second-order valence-corrected chi connectivity index (χ2v) is 9.71. The molecular weight excluding hydrogens is 352 g/mol. The third-order valence-corrected chi connectivity index (χ3v) is 7.37. The number of rotatable bonds is 5. The van der Waals surface area contributed by atoms with E-state index in [0.717, 1.165) is 51.3 Å². The molecule has 0 spiro atoms. The molecule has 4 aliphatic rings. The molecule has 6 heteroatoms. The quantitative estimate of drug-likeness (QED) is 0.842. The van der Waals surface area contributed by atoms with Gasteiger partial charge in [0.05, 0.1) is 18.3 Å². The van der Waals surface area contributed by atoms with Gasteiger partial charge in [-0.3, -0.25) is 4.68 Å². The summed E-state index contributed by atoms with van der Waals surface area (Å²) in [4.78, 5) is 14.8. The van der Waals surface area contributed by atoms with E-state index in [1.165, 1.54) is 31.2 Å². The van der Waals surface area contributed by atoms with Gasteiger partial charge in [-0.05, 0) is 68.8 Å². The number of ether oxygens (including phenoxy) is 1. The first-order valence-electron chi connectivity index (χ1n) is 11.3. The Bertz CT molecular complexity index is 694. The Hall–Kier alpha value is -1.56. The number of hydrogen-bond acceptors (Lipinski definition) is 3. The molecule has 3 saturated carbocycles. The molecule has 4 atom stereocenters. The zero-order chi connectivity index (χ0) is 19.1. The molecule has 4 fully saturated rings. The average molecular weight is 387 g/mol. The zero-order valence-corrected chi connectivity index (χ0v) is 17.1. The van der Waals surface area contributed by atoms with Crippen LogP contribution in [-0.2, 0) is 4.74 Å². The lowest BCUT2D eigenvalue weighted by molar-refractivity contribution is -0.0371. The second-order valence-electron chi connectivity index (χ2n) is 9.71. The van der Waals surface area contributed by atoms with Crippen molar-refractivity contribution in [3.05, 3.63) is 18.0 Å². The molecule has 1 aliphatic heterocycles. The van der Waals surface area contributed by atoms with Crippen molar-refractivity contribution >= 4 is 6.03 Å². The molecule has 0 bridgehead atoms. The number of nitrogens with one attached hydrogen (secondary N) is 1. The number of carbonyl (C=O) groups is 1. The van der Waals surface area contributed by atoms with Gasteiger partial charge in [0.25, 0.3) is 0 Å². The Morgan fingerprint density at radius 2 is 1.93 bits per heavy atom. The molecular formula is C22H34N4O2. The third-order valence-electron chi connectivity index (χ3n) is 7.37.